The van der Waals surface area contributed by atoms with Crippen LogP contribution in [-0.2, 0) is 17.4 Å². The highest BCUT2D eigenvalue weighted by molar-refractivity contribution is 14.0. The van der Waals surface area contributed by atoms with Crippen LogP contribution in [0.15, 0.2) is 10.4 Å². The number of thiazole rings is 1. The molecule has 0 atom stereocenters. The van der Waals surface area contributed by atoms with Gasteiger partial charge in [-0.1, -0.05) is 0 Å². The second-order valence-electron chi connectivity index (χ2n) is 6.41. The molecule has 166 valence electrons. The summed E-state index contributed by atoms with van der Waals surface area (Å²) in [5.74, 6) is 0.747. The Bertz CT molecular complexity index is 662. The largest absolute Gasteiger partial charge is 0.434 e. The number of halogens is 4. The lowest BCUT2D eigenvalue weighted by Gasteiger charge is -2.33. The molecule has 0 unspecified atom stereocenters. The van der Waals surface area contributed by atoms with Crippen LogP contribution in [-0.4, -0.2) is 79.0 Å². The average molecular weight is 548 g/mol. The second-order valence-corrected chi connectivity index (χ2v) is 7.35. The average Bonchev–Trinajstić information content (AvgIpc) is 3.11. The lowest BCUT2D eigenvalue weighted by molar-refractivity contribution is -0.140. The molecule has 0 spiro atoms. The molecule has 1 aromatic heterocycles. The first-order chi connectivity index (χ1) is 13.3. The van der Waals surface area contributed by atoms with Crippen molar-refractivity contribution < 1.29 is 18.0 Å². The number of alkyl halides is 3. The first-order valence-electron chi connectivity index (χ1n) is 9.31. The maximum atomic E-state index is 12.6. The smallest absolute Gasteiger partial charge is 0.357 e. The van der Waals surface area contributed by atoms with E-state index in [9.17, 15) is 18.0 Å². The minimum absolute atomic E-state index is 0. The molecule has 2 heterocycles. The summed E-state index contributed by atoms with van der Waals surface area (Å²) < 4.78 is 37.7. The van der Waals surface area contributed by atoms with Crippen molar-refractivity contribution in [2.24, 2.45) is 4.99 Å². The topological polar surface area (TPSA) is 72.9 Å². The zero-order valence-electron chi connectivity index (χ0n) is 16.6. The highest BCUT2D eigenvalue weighted by atomic mass is 127. The molecule has 0 aliphatic carbocycles. The number of rotatable bonds is 7. The minimum atomic E-state index is -4.39. The number of carbonyl (C=O) groups is 1. The number of amides is 1. The molecule has 2 rings (SSSR count). The van der Waals surface area contributed by atoms with Gasteiger partial charge in [-0.25, -0.2) is 4.98 Å². The second kappa shape index (κ2) is 12.5. The molecule has 0 saturated carbocycles. The predicted molar refractivity (Wildman–Crippen MR) is 119 cm³/mol. The van der Waals surface area contributed by atoms with Crippen LogP contribution in [0, 0.1) is 0 Å². The first kappa shape index (κ1) is 25.9. The summed E-state index contributed by atoms with van der Waals surface area (Å²) in [6.07, 6.45) is -3.99. The normalized spacial score (nSPS) is 15.8. The summed E-state index contributed by atoms with van der Waals surface area (Å²) in [7, 11) is 0. The van der Waals surface area contributed by atoms with E-state index in [-0.39, 0.29) is 29.9 Å². The van der Waals surface area contributed by atoms with E-state index >= 15 is 0 Å². The van der Waals surface area contributed by atoms with Gasteiger partial charge in [0.1, 0.15) is 0 Å². The fourth-order valence-electron chi connectivity index (χ4n) is 2.78. The van der Waals surface area contributed by atoms with Gasteiger partial charge in [-0.15, -0.1) is 35.3 Å². The van der Waals surface area contributed by atoms with Crippen LogP contribution in [0.4, 0.5) is 13.2 Å². The van der Waals surface area contributed by atoms with E-state index in [1.54, 1.807) is 6.92 Å². The van der Waals surface area contributed by atoms with Crippen LogP contribution in [0.5, 0.6) is 0 Å². The molecule has 0 bridgehead atoms. The summed E-state index contributed by atoms with van der Waals surface area (Å²) in [5.41, 5.74) is -0.835. The first-order valence-corrected chi connectivity index (χ1v) is 10.2. The zero-order chi connectivity index (χ0) is 20.6. The van der Waals surface area contributed by atoms with Gasteiger partial charge in [0, 0.05) is 64.5 Å². The van der Waals surface area contributed by atoms with E-state index in [1.165, 1.54) is 0 Å². The van der Waals surface area contributed by atoms with E-state index < -0.39 is 11.9 Å². The molecular weight excluding hydrogens is 520 g/mol. The van der Waals surface area contributed by atoms with Gasteiger partial charge in [0.25, 0.3) is 0 Å². The molecule has 1 saturated heterocycles. The number of hydrogen-bond donors (Lipinski definition) is 2. The standard InChI is InChI=1S/C17H27F3N6OS.HI/c1-3-21-16(22-5-4-15-24-14(12-28-15)17(18,19)20)23-6-7-25-8-10-26(11-9-25)13(2)27;/h12H,3-11H2,1-2H3,(H2,21,22,23);1H. The number of hydrogen-bond acceptors (Lipinski definition) is 5. The van der Waals surface area contributed by atoms with E-state index in [4.69, 9.17) is 0 Å². The number of aliphatic imine (C=N–C) groups is 1. The number of carbonyl (C=O) groups excluding carboxylic acids is 1. The van der Waals surface area contributed by atoms with E-state index in [2.05, 4.69) is 25.5 Å². The van der Waals surface area contributed by atoms with Gasteiger partial charge in [-0.3, -0.25) is 14.7 Å². The number of nitrogens with zero attached hydrogens (tertiary/aromatic N) is 4. The minimum Gasteiger partial charge on any atom is -0.357 e. The van der Waals surface area contributed by atoms with Crippen molar-refractivity contribution in [2.75, 3.05) is 52.4 Å². The molecule has 29 heavy (non-hydrogen) atoms. The Morgan fingerprint density at radius 2 is 1.97 bits per heavy atom. The molecule has 12 heteroatoms. The fourth-order valence-corrected chi connectivity index (χ4v) is 3.58. The maximum absolute atomic E-state index is 12.6. The monoisotopic (exact) mass is 548 g/mol. The van der Waals surface area contributed by atoms with Crippen LogP contribution in [0.2, 0.25) is 0 Å². The third kappa shape index (κ3) is 9.03. The Kier molecular flexibility index (Phi) is 11.2. The number of aromatic nitrogens is 1. The van der Waals surface area contributed by atoms with Gasteiger partial charge in [0.2, 0.25) is 5.91 Å². The third-order valence-electron chi connectivity index (χ3n) is 4.32. The fraction of sp³-hybridized carbons (Fsp3) is 0.706. The van der Waals surface area contributed by atoms with Crippen molar-refractivity contribution >= 4 is 47.2 Å². The predicted octanol–water partition coefficient (Wildman–Crippen LogP) is 2.04. The van der Waals surface area contributed by atoms with E-state index in [0.29, 0.717) is 37.0 Å². The summed E-state index contributed by atoms with van der Waals surface area (Å²) in [6, 6.07) is 0. The van der Waals surface area contributed by atoms with E-state index in [1.807, 2.05) is 11.8 Å². The quantitative estimate of drug-likeness (QED) is 0.310. The van der Waals surface area contributed by atoms with Gasteiger partial charge in [0.15, 0.2) is 11.7 Å². The van der Waals surface area contributed by atoms with Crippen LogP contribution in [0.3, 0.4) is 0 Å². The van der Waals surface area contributed by atoms with Crippen LogP contribution < -0.4 is 10.6 Å². The van der Waals surface area contributed by atoms with Crippen LogP contribution >= 0.6 is 35.3 Å². The number of guanidine groups is 1. The molecule has 1 aromatic rings. The number of nitrogens with one attached hydrogen (secondary N) is 2. The SMILES string of the molecule is CCNC(=NCCN1CCN(C(C)=O)CC1)NCCc1nc(C(F)(F)F)cs1.I. The molecule has 1 amide bonds. The van der Waals surface area contributed by atoms with Crippen molar-refractivity contribution in [2.45, 2.75) is 26.4 Å². The van der Waals surface area contributed by atoms with Gasteiger partial charge in [0.05, 0.1) is 11.6 Å². The van der Waals surface area contributed by atoms with Crippen molar-refractivity contribution in [3.63, 3.8) is 0 Å². The zero-order valence-corrected chi connectivity index (χ0v) is 19.7. The van der Waals surface area contributed by atoms with Gasteiger partial charge in [-0.2, -0.15) is 13.2 Å². The Hall–Kier alpha value is -1.15. The lowest BCUT2D eigenvalue weighted by Crippen LogP contribution is -2.48. The Morgan fingerprint density at radius 3 is 2.52 bits per heavy atom. The molecule has 1 aliphatic heterocycles. The van der Waals surface area contributed by atoms with Gasteiger partial charge in [-0.05, 0) is 6.92 Å². The molecule has 0 radical (unpaired) electrons. The highest BCUT2D eigenvalue weighted by Crippen LogP contribution is 2.29. The summed E-state index contributed by atoms with van der Waals surface area (Å²) in [6.45, 7) is 9.24. The van der Waals surface area contributed by atoms with Crippen LogP contribution in [0.1, 0.15) is 24.5 Å². The highest BCUT2D eigenvalue weighted by Gasteiger charge is 2.33. The summed E-state index contributed by atoms with van der Waals surface area (Å²) in [5, 5.41) is 7.74. The molecule has 7 nitrogen and oxygen atoms in total. The van der Waals surface area contributed by atoms with Crippen molar-refractivity contribution in [3.05, 3.63) is 16.1 Å². The molecule has 1 fully saturated rings. The van der Waals surface area contributed by atoms with Crippen molar-refractivity contribution in [1.29, 1.82) is 0 Å². The Morgan fingerprint density at radius 1 is 1.28 bits per heavy atom. The summed E-state index contributed by atoms with van der Waals surface area (Å²) in [4.78, 5) is 23.6. The van der Waals surface area contributed by atoms with Crippen LogP contribution in [0.25, 0.3) is 0 Å². The third-order valence-corrected chi connectivity index (χ3v) is 5.23. The van der Waals surface area contributed by atoms with Gasteiger partial charge >= 0.3 is 6.18 Å². The Labute approximate surface area is 190 Å². The summed E-state index contributed by atoms with van der Waals surface area (Å²) >= 11 is 1.01. The molecular formula is C17H28F3IN6OS. The number of piperazine rings is 1. The molecule has 2 N–H and O–H groups in total. The molecule has 1 aliphatic rings. The maximum Gasteiger partial charge on any atom is 0.434 e. The van der Waals surface area contributed by atoms with Gasteiger partial charge < -0.3 is 15.5 Å². The Balaban J connectivity index is 0.00000420. The molecule has 0 aromatic carbocycles. The van der Waals surface area contributed by atoms with Crippen molar-refractivity contribution in [3.8, 4) is 0 Å². The lowest BCUT2D eigenvalue weighted by atomic mass is 10.3. The van der Waals surface area contributed by atoms with E-state index in [0.717, 1.165) is 49.4 Å². The van der Waals surface area contributed by atoms with Crippen molar-refractivity contribution in [1.82, 2.24) is 25.4 Å².